The second-order valence-electron chi connectivity index (χ2n) is 5.85. The number of rotatable bonds is 3. The number of halogens is 1. The highest BCUT2D eigenvalue weighted by atomic mass is 79.9. The van der Waals surface area contributed by atoms with Gasteiger partial charge in [0, 0.05) is 44.8 Å². The lowest BCUT2D eigenvalue weighted by Crippen LogP contribution is -2.48. The average Bonchev–Trinajstić information content (AvgIpc) is 3.11. The van der Waals surface area contributed by atoms with Gasteiger partial charge in [-0.05, 0) is 28.1 Å². The van der Waals surface area contributed by atoms with Gasteiger partial charge in [0.15, 0.2) is 11.5 Å². The molecule has 0 radical (unpaired) electrons. The molecule has 1 amide bonds. The van der Waals surface area contributed by atoms with Gasteiger partial charge in [-0.1, -0.05) is 0 Å². The van der Waals surface area contributed by atoms with Crippen molar-refractivity contribution in [2.45, 2.75) is 0 Å². The van der Waals surface area contributed by atoms with E-state index in [1.54, 1.807) is 12.4 Å². The molecule has 3 aromatic heterocycles. The van der Waals surface area contributed by atoms with E-state index in [0.717, 1.165) is 5.69 Å². The van der Waals surface area contributed by atoms with Crippen molar-refractivity contribution in [2.24, 2.45) is 0 Å². The number of pyridine rings is 1. The molecule has 0 bridgehead atoms. The Morgan fingerprint density at radius 3 is 2.69 bits per heavy atom. The van der Waals surface area contributed by atoms with Crippen LogP contribution in [0.4, 0.5) is 22.1 Å². The monoisotopic (exact) mass is 417 g/mol. The molecule has 4 heterocycles. The summed E-state index contributed by atoms with van der Waals surface area (Å²) in [7, 11) is 0. The third-order valence-electron chi connectivity index (χ3n) is 4.25. The zero-order valence-electron chi connectivity index (χ0n) is 13.7. The van der Waals surface area contributed by atoms with Crippen LogP contribution in [0.1, 0.15) is 0 Å². The van der Waals surface area contributed by atoms with Crippen LogP contribution in [-0.4, -0.2) is 61.6 Å². The Balaban J connectivity index is 1.48. The van der Waals surface area contributed by atoms with Crippen LogP contribution in [0.3, 0.4) is 0 Å². The summed E-state index contributed by atoms with van der Waals surface area (Å²) in [6.07, 6.45) is 6.30. The van der Waals surface area contributed by atoms with Crippen LogP contribution in [-0.2, 0) is 0 Å². The summed E-state index contributed by atoms with van der Waals surface area (Å²) < 4.78 is 2.56. The molecular weight excluding hydrogens is 402 g/mol. The van der Waals surface area contributed by atoms with Crippen molar-refractivity contribution >= 4 is 45.0 Å². The summed E-state index contributed by atoms with van der Waals surface area (Å²) in [6.45, 7) is 2.30. The highest BCUT2D eigenvalue weighted by Gasteiger charge is 2.20. The molecule has 4 rings (SSSR count). The summed E-state index contributed by atoms with van der Waals surface area (Å²) in [5, 5.41) is 12.2. The van der Waals surface area contributed by atoms with E-state index in [9.17, 15) is 4.79 Å². The van der Waals surface area contributed by atoms with E-state index in [2.05, 4.69) is 41.1 Å². The second-order valence-corrected chi connectivity index (χ2v) is 6.67. The van der Waals surface area contributed by atoms with Crippen LogP contribution >= 0.6 is 15.9 Å². The molecule has 134 valence electrons. The van der Waals surface area contributed by atoms with Crippen molar-refractivity contribution in [2.75, 3.05) is 36.4 Å². The quantitative estimate of drug-likeness (QED) is 0.674. The first kappa shape index (κ1) is 16.6. The van der Waals surface area contributed by atoms with Crippen LogP contribution in [0.5, 0.6) is 0 Å². The maximum absolute atomic E-state index is 11.0. The number of nitrogens with zero attached hydrogens (tertiary/aromatic N) is 6. The van der Waals surface area contributed by atoms with Gasteiger partial charge in [0.2, 0.25) is 0 Å². The number of carboxylic acid groups (broad SMARTS) is 1. The third-order valence-corrected chi connectivity index (χ3v) is 4.64. The van der Waals surface area contributed by atoms with E-state index in [4.69, 9.17) is 5.11 Å². The predicted molar refractivity (Wildman–Crippen MR) is 100 cm³/mol. The number of fused-ring (bicyclic) bond motifs is 1. The Hall–Kier alpha value is -2.88. The van der Waals surface area contributed by atoms with Gasteiger partial charge in [-0.25, -0.2) is 19.7 Å². The zero-order valence-corrected chi connectivity index (χ0v) is 15.3. The topological polar surface area (TPSA) is 98.9 Å². The number of carbonyl (C=O) groups is 1. The fourth-order valence-corrected chi connectivity index (χ4v) is 3.31. The fourth-order valence-electron chi connectivity index (χ4n) is 2.91. The molecule has 0 saturated carbocycles. The normalized spacial score (nSPS) is 14.7. The van der Waals surface area contributed by atoms with Crippen LogP contribution < -0.4 is 10.2 Å². The Morgan fingerprint density at radius 2 is 2.00 bits per heavy atom. The molecule has 10 heteroatoms. The van der Waals surface area contributed by atoms with E-state index in [-0.39, 0.29) is 0 Å². The SMILES string of the molecule is O=C(O)N1CCN(c2ccc(Nc3nc(Br)cn4ccnc34)nc2)CC1. The van der Waals surface area contributed by atoms with E-state index in [1.165, 1.54) is 4.90 Å². The molecule has 0 aromatic carbocycles. The lowest BCUT2D eigenvalue weighted by molar-refractivity contribution is 0.142. The molecule has 0 spiro atoms. The molecule has 3 aromatic rings. The van der Waals surface area contributed by atoms with Gasteiger partial charge in [-0.2, -0.15) is 0 Å². The first-order chi connectivity index (χ1) is 12.6. The van der Waals surface area contributed by atoms with Gasteiger partial charge in [0.25, 0.3) is 0 Å². The molecule has 1 aliphatic heterocycles. The first-order valence-electron chi connectivity index (χ1n) is 8.05. The molecule has 0 unspecified atom stereocenters. The van der Waals surface area contributed by atoms with Crippen LogP contribution in [0.25, 0.3) is 5.65 Å². The Labute approximate surface area is 157 Å². The first-order valence-corrected chi connectivity index (χ1v) is 8.84. The Morgan fingerprint density at radius 1 is 1.19 bits per heavy atom. The standard InChI is InChI=1S/C16H16BrN7O2/c17-12-10-24-4-3-18-15(24)14(20-12)21-13-2-1-11(9-19-13)22-5-7-23(8-6-22)16(25)26/h1-4,9-10H,5-8H2,(H,25,26)(H,19,20,21). The number of aromatic nitrogens is 4. The molecule has 0 atom stereocenters. The second kappa shape index (κ2) is 6.79. The van der Waals surface area contributed by atoms with Gasteiger partial charge >= 0.3 is 6.09 Å². The third kappa shape index (κ3) is 3.27. The van der Waals surface area contributed by atoms with Gasteiger partial charge in [-0.3, -0.25) is 0 Å². The zero-order chi connectivity index (χ0) is 18.1. The van der Waals surface area contributed by atoms with Crippen molar-refractivity contribution in [1.29, 1.82) is 0 Å². The van der Waals surface area contributed by atoms with Gasteiger partial charge in [0.05, 0.1) is 11.9 Å². The van der Waals surface area contributed by atoms with Crippen molar-refractivity contribution in [3.63, 3.8) is 0 Å². The molecule has 1 aliphatic rings. The number of piperazine rings is 1. The summed E-state index contributed by atoms with van der Waals surface area (Å²) in [5.74, 6) is 1.27. The maximum atomic E-state index is 11.0. The highest BCUT2D eigenvalue weighted by Crippen LogP contribution is 2.22. The van der Waals surface area contributed by atoms with E-state index < -0.39 is 6.09 Å². The molecule has 2 N–H and O–H groups in total. The number of imidazole rings is 1. The summed E-state index contributed by atoms with van der Waals surface area (Å²) in [6, 6.07) is 3.84. The van der Waals surface area contributed by atoms with Crippen molar-refractivity contribution in [1.82, 2.24) is 24.3 Å². The number of hydrogen-bond donors (Lipinski definition) is 2. The van der Waals surface area contributed by atoms with Crippen molar-refractivity contribution < 1.29 is 9.90 Å². The number of nitrogens with one attached hydrogen (secondary N) is 1. The van der Waals surface area contributed by atoms with Crippen LogP contribution in [0.15, 0.2) is 41.5 Å². The van der Waals surface area contributed by atoms with Crippen molar-refractivity contribution in [3.8, 4) is 0 Å². The lowest BCUT2D eigenvalue weighted by Gasteiger charge is -2.34. The minimum absolute atomic E-state index is 0.495. The highest BCUT2D eigenvalue weighted by molar-refractivity contribution is 9.10. The molecule has 9 nitrogen and oxygen atoms in total. The molecule has 0 aliphatic carbocycles. The maximum Gasteiger partial charge on any atom is 0.407 e. The minimum atomic E-state index is -0.867. The van der Waals surface area contributed by atoms with E-state index in [0.29, 0.717) is 48.1 Å². The van der Waals surface area contributed by atoms with E-state index >= 15 is 0 Å². The lowest BCUT2D eigenvalue weighted by atomic mass is 10.3. The number of anilines is 3. The predicted octanol–water partition coefficient (Wildman–Crippen LogP) is 2.43. The Bertz CT molecular complexity index is 935. The van der Waals surface area contributed by atoms with Gasteiger partial charge in [-0.15, -0.1) is 0 Å². The van der Waals surface area contributed by atoms with Crippen LogP contribution in [0.2, 0.25) is 0 Å². The van der Waals surface area contributed by atoms with Crippen LogP contribution in [0, 0.1) is 0 Å². The molecule has 1 saturated heterocycles. The summed E-state index contributed by atoms with van der Waals surface area (Å²) in [5.41, 5.74) is 1.68. The number of hydrogen-bond acceptors (Lipinski definition) is 6. The average molecular weight is 418 g/mol. The van der Waals surface area contributed by atoms with Crippen molar-refractivity contribution in [3.05, 3.63) is 41.5 Å². The molecule has 1 fully saturated rings. The summed E-state index contributed by atoms with van der Waals surface area (Å²) in [4.78, 5) is 27.7. The van der Waals surface area contributed by atoms with Gasteiger partial charge < -0.3 is 24.6 Å². The minimum Gasteiger partial charge on any atom is -0.465 e. The smallest absolute Gasteiger partial charge is 0.407 e. The summed E-state index contributed by atoms with van der Waals surface area (Å²) >= 11 is 3.39. The fraction of sp³-hybridized carbons (Fsp3) is 0.250. The molecule has 26 heavy (non-hydrogen) atoms. The Kier molecular flexibility index (Phi) is 4.33. The largest absolute Gasteiger partial charge is 0.465 e. The molecular formula is C16H16BrN7O2. The van der Waals surface area contributed by atoms with Gasteiger partial charge in [0.1, 0.15) is 10.4 Å². The van der Waals surface area contributed by atoms with E-state index in [1.807, 2.05) is 28.9 Å². The number of amides is 1.